The summed E-state index contributed by atoms with van der Waals surface area (Å²) in [6, 6.07) is 8.63. The van der Waals surface area contributed by atoms with Crippen LogP contribution in [0.2, 0.25) is 0 Å². The Morgan fingerprint density at radius 2 is 1.83 bits per heavy atom. The van der Waals surface area contributed by atoms with Crippen LogP contribution in [0, 0.1) is 6.92 Å². The highest BCUT2D eigenvalue weighted by molar-refractivity contribution is 7.16. The molecule has 0 aliphatic heterocycles. The standard InChI is InChI=1S/C16H13N5O2S/c1-9(22)12-6-7-13(24-12)15(23)21-16-19-10(2)18-14(20-16)11-5-3-4-8-17-11/h3-8H,1-2H3,(H,18,19,20,21,23). The predicted octanol–water partition coefficient (Wildman–Crippen LogP) is 2.76. The molecule has 3 aromatic heterocycles. The lowest BCUT2D eigenvalue weighted by atomic mass is 10.3. The number of hydrogen-bond donors (Lipinski definition) is 1. The Morgan fingerprint density at radius 3 is 2.50 bits per heavy atom. The van der Waals surface area contributed by atoms with E-state index in [2.05, 4.69) is 25.3 Å². The molecule has 1 amide bonds. The molecule has 0 aliphatic rings. The van der Waals surface area contributed by atoms with Gasteiger partial charge in [-0.2, -0.15) is 9.97 Å². The van der Waals surface area contributed by atoms with Gasteiger partial charge in [-0.15, -0.1) is 11.3 Å². The summed E-state index contributed by atoms with van der Waals surface area (Å²) in [5, 5.41) is 2.63. The summed E-state index contributed by atoms with van der Waals surface area (Å²) in [5.74, 6) is 0.550. The summed E-state index contributed by atoms with van der Waals surface area (Å²) < 4.78 is 0. The Morgan fingerprint density at radius 1 is 1.04 bits per heavy atom. The molecule has 0 aliphatic carbocycles. The summed E-state index contributed by atoms with van der Waals surface area (Å²) in [6.07, 6.45) is 1.64. The highest BCUT2D eigenvalue weighted by Gasteiger charge is 2.14. The number of rotatable bonds is 4. The number of nitrogens with one attached hydrogen (secondary N) is 1. The van der Waals surface area contributed by atoms with E-state index in [1.807, 2.05) is 6.07 Å². The van der Waals surface area contributed by atoms with E-state index in [1.54, 1.807) is 37.4 Å². The van der Waals surface area contributed by atoms with Crippen LogP contribution in [-0.4, -0.2) is 31.6 Å². The number of carbonyl (C=O) groups is 2. The van der Waals surface area contributed by atoms with E-state index in [-0.39, 0.29) is 17.6 Å². The molecule has 0 saturated carbocycles. The van der Waals surface area contributed by atoms with Gasteiger partial charge < -0.3 is 0 Å². The first-order chi connectivity index (χ1) is 11.5. The van der Waals surface area contributed by atoms with Crippen molar-refractivity contribution in [2.24, 2.45) is 0 Å². The quantitative estimate of drug-likeness (QED) is 0.734. The summed E-state index contributed by atoms with van der Waals surface area (Å²) in [6.45, 7) is 3.17. The van der Waals surface area contributed by atoms with Gasteiger partial charge in [0.2, 0.25) is 5.95 Å². The third kappa shape index (κ3) is 3.49. The van der Waals surface area contributed by atoms with Crippen LogP contribution in [-0.2, 0) is 0 Å². The number of aromatic nitrogens is 4. The van der Waals surface area contributed by atoms with E-state index in [0.29, 0.717) is 27.1 Å². The highest BCUT2D eigenvalue weighted by atomic mass is 32.1. The Hall–Kier alpha value is -3.00. The van der Waals surface area contributed by atoms with Crippen molar-refractivity contribution in [3.8, 4) is 11.5 Å². The van der Waals surface area contributed by atoms with Crippen molar-refractivity contribution < 1.29 is 9.59 Å². The smallest absolute Gasteiger partial charge is 0.268 e. The van der Waals surface area contributed by atoms with Crippen LogP contribution >= 0.6 is 11.3 Å². The van der Waals surface area contributed by atoms with Crippen LogP contribution in [0.25, 0.3) is 11.5 Å². The largest absolute Gasteiger partial charge is 0.294 e. The van der Waals surface area contributed by atoms with Gasteiger partial charge in [0.1, 0.15) is 11.5 Å². The minimum absolute atomic E-state index is 0.0764. The number of carbonyl (C=O) groups excluding carboxylic acids is 2. The second kappa shape index (κ2) is 6.63. The summed E-state index contributed by atoms with van der Waals surface area (Å²) in [7, 11) is 0. The topological polar surface area (TPSA) is 97.7 Å². The molecule has 3 rings (SSSR count). The first-order valence-corrected chi connectivity index (χ1v) is 7.91. The molecule has 7 nitrogen and oxygen atoms in total. The van der Waals surface area contributed by atoms with Crippen LogP contribution in [0.5, 0.6) is 0 Å². The number of hydrogen-bond acceptors (Lipinski definition) is 7. The fourth-order valence-corrected chi connectivity index (χ4v) is 2.76. The second-order valence-corrected chi connectivity index (χ2v) is 6.00. The van der Waals surface area contributed by atoms with Crippen molar-refractivity contribution in [2.75, 3.05) is 5.32 Å². The molecule has 0 saturated heterocycles. The molecule has 120 valence electrons. The SMILES string of the molecule is CC(=O)c1ccc(C(=O)Nc2nc(C)nc(-c3ccccn3)n2)s1. The fourth-order valence-electron chi connectivity index (χ4n) is 1.96. The van der Waals surface area contributed by atoms with Gasteiger partial charge in [0.05, 0.1) is 9.75 Å². The number of Topliss-reactive ketones (excluding diaryl/α,β-unsaturated/α-hetero) is 1. The summed E-state index contributed by atoms with van der Waals surface area (Å²) >= 11 is 1.13. The van der Waals surface area contributed by atoms with Gasteiger partial charge in [-0.25, -0.2) is 4.98 Å². The molecular weight excluding hydrogens is 326 g/mol. The number of pyridine rings is 1. The van der Waals surface area contributed by atoms with E-state index in [9.17, 15) is 9.59 Å². The molecule has 3 heterocycles. The van der Waals surface area contributed by atoms with Crippen LogP contribution in [0.4, 0.5) is 5.95 Å². The second-order valence-electron chi connectivity index (χ2n) is 4.92. The first-order valence-electron chi connectivity index (χ1n) is 7.09. The maximum Gasteiger partial charge on any atom is 0.268 e. The van der Waals surface area contributed by atoms with Crippen molar-refractivity contribution in [3.63, 3.8) is 0 Å². The highest BCUT2D eigenvalue weighted by Crippen LogP contribution is 2.19. The molecule has 0 fully saturated rings. The molecule has 24 heavy (non-hydrogen) atoms. The third-order valence-corrected chi connectivity index (χ3v) is 4.23. The van der Waals surface area contributed by atoms with E-state index in [1.165, 1.54) is 6.92 Å². The lowest BCUT2D eigenvalue weighted by Gasteiger charge is -2.05. The Kier molecular flexibility index (Phi) is 4.39. The van der Waals surface area contributed by atoms with Gasteiger partial charge >= 0.3 is 0 Å². The fraction of sp³-hybridized carbons (Fsp3) is 0.125. The number of thiophene rings is 1. The zero-order valence-corrected chi connectivity index (χ0v) is 13.8. The van der Waals surface area contributed by atoms with Gasteiger partial charge in [0, 0.05) is 6.20 Å². The van der Waals surface area contributed by atoms with Gasteiger partial charge in [0.15, 0.2) is 11.6 Å². The maximum atomic E-state index is 12.3. The van der Waals surface area contributed by atoms with Crippen LogP contribution in [0.15, 0.2) is 36.5 Å². The summed E-state index contributed by atoms with van der Waals surface area (Å²) in [5.41, 5.74) is 0.591. The van der Waals surface area contributed by atoms with E-state index in [4.69, 9.17) is 0 Å². The van der Waals surface area contributed by atoms with E-state index >= 15 is 0 Å². The van der Waals surface area contributed by atoms with Crippen LogP contribution < -0.4 is 5.32 Å². The van der Waals surface area contributed by atoms with Crippen molar-refractivity contribution in [2.45, 2.75) is 13.8 Å². The molecule has 0 bridgehead atoms. The molecule has 0 radical (unpaired) electrons. The predicted molar refractivity (Wildman–Crippen MR) is 90.1 cm³/mol. The minimum Gasteiger partial charge on any atom is -0.294 e. The van der Waals surface area contributed by atoms with Gasteiger partial charge in [-0.3, -0.25) is 19.9 Å². The van der Waals surface area contributed by atoms with Crippen LogP contribution in [0.1, 0.15) is 32.1 Å². The molecule has 0 aromatic carbocycles. The Bertz CT molecular complexity index is 908. The van der Waals surface area contributed by atoms with Crippen LogP contribution in [0.3, 0.4) is 0 Å². The van der Waals surface area contributed by atoms with Crippen molar-refractivity contribution in [3.05, 3.63) is 52.1 Å². The van der Waals surface area contributed by atoms with E-state index < -0.39 is 0 Å². The van der Waals surface area contributed by atoms with Gasteiger partial charge in [-0.1, -0.05) is 6.07 Å². The summed E-state index contributed by atoms with van der Waals surface area (Å²) in [4.78, 5) is 41.3. The molecular formula is C16H13N5O2S. The lowest BCUT2D eigenvalue weighted by molar-refractivity contribution is 0.101. The average Bonchev–Trinajstić information content (AvgIpc) is 3.05. The Labute approximate surface area is 141 Å². The zero-order valence-electron chi connectivity index (χ0n) is 13.0. The first kappa shape index (κ1) is 15.9. The number of amides is 1. The number of anilines is 1. The average molecular weight is 339 g/mol. The number of aryl methyl sites for hydroxylation is 1. The van der Waals surface area contributed by atoms with Crippen molar-refractivity contribution >= 4 is 29.0 Å². The van der Waals surface area contributed by atoms with E-state index in [0.717, 1.165) is 11.3 Å². The normalized spacial score (nSPS) is 10.4. The molecule has 0 atom stereocenters. The number of ketones is 1. The maximum absolute atomic E-state index is 12.3. The minimum atomic E-state index is -0.370. The lowest BCUT2D eigenvalue weighted by Crippen LogP contribution is -2.14. The molecule has 3 aromatic rings. The Balaban J connectivity index is 1.85. The van der Waals surface area contributed by atoms with Gasteiger partial charge in [0.25, 0.3) is 5.91 Å². The third-order valence-electron chi connectivity index (χ3n) is 3.04. The zero-order chi connectivity index (χ0) is 17.1. The molecule has 8 heteroatoms. The van der Waals surface area contributed by atoms with Crippen molar-refractivity contribution in [1.29, 1.82) is 0 Å². The van der Waals surface area contributed by atoms with Gasteiger partial charge in [-0.05, 0) is 38.1 Å². The number of nitrogens with zero attached hydrogens (tertiary/aromatic N) is 4. The molecule has 1 N–H and O–H groups in total. The molecule has 0 unspecified atom stereocenters. The molecule has 0 spiro atoms. The van der Waals surface area contributed by atoms with Crippen molar-refractivity contribution in [1.82, 2.24) is 19.9 Å². The monoisotopic (exact) mass is 339 g/mol.